The molecule has 2 saturated heterocycles. The number of fused-ring (bicyclic) bond motifs is 1. The van der Waals surface area contributed by atoms with Crippen LogP contribution < -0.4 is 4.90 Å². The Labute approximate surface area is 205 Å². The molecular formula is C25H30N4O3S2. The Morgan fingerprint density at radius 1 is 0.912 bits per heavy atom. The minimum atomic E-state index is -3.49. The van der Waals surface area contributed by atoms with E-state index in [2.05, 4.69) is 30.9 Å². The number of hydrogen-bond donors (Lipinski definition) is 0. The quantitative estimate of drug-likeness (QED) is 0.543. The summed E-state index contributed by atoms with van der Waals surface area (Å²) < 4.78 is 28.5. The number of benzene rings is 2. The minimum absolute atomic E-state index is 0.0580. The zero-order valence-electron chi connectivity index (χ0n) is 19.7. The number of nitrogens with zero attached hydrogens (tertiary/aromatic N) is 4. The summed E-state index contributed by atoms with van der Waals surface area (Å²) in [6, 6.07) is 10.7. The number of piperazine rings is 1. The molecule has 0 atom stereocenters. The third-order valence-corrected chi connectivity index (χ3v) is 9.88. The van der Waals surface area contributed by atoms with Gasteiger partial charge in [-0.05, 0) is 68.1 Å². The Balaban J connectivity index is 1.24. The fourth-order valence-electron chi connectivity index (χ4n) is 4.81. The summed E-state index contributed by atoms with van der Waals surface area (Å²) in [4.78, 5) is 22.2. The molecule has 34 heavy (non-hydrogen) atoms. The lowest BCUT2D eigenvalue weighted by atomic mass is 10.1. The molecule has 0 spiro atoms. The van der Waals surface area contributed by atoms with Crippen LogP contribution in [0.25, 0.3) is 10.2 Å². The molecule has 3 heterocycles. The second-order valence-electron chi connectivity index (χ2n) is 9.19. The Bertz CT molecular complexity index is 1300. The van der Waals surface area contributed by atoms with Crippen molar-refractivity contribution in [2.24, 2.45) is 0 Å². The molecule has 0 radical (unpaired) electrons. The monoisotopic (exact) mass is 498 g/mol. The third-order valence-electron chi connectivity index (χ3n) is 6.70. The first-order valence-corrected chi connectivity index (χ1v) is 14.1. The second-order valence-corrected chi connectivity index (χ2v) is 12.1. The fraction of sp³-hybridized carbons (Fsp3) is 0.440. The molecule has 2 aromatic carbocycles. The van der Waals surface area contributed by atoms with Crippen LogP contribution in [-0.4, -0.2) is 67.8 Å². The van der Waals surface area contributed by atoms with E-state index in [1.807, 2.05) is 4.90 Å². The topological polar surface area (TPSA) is 73.8 Å². The average Bonchev–Trinajstić information content (AvgIpc) is 3.29. The number of sulfonamides is 1. The number of aryl methyl sites for hydroxylation is 2. The number of carbonyl (C=O) groups is 1. The summed E-state index contributed by atoms with van der Waals surface area (Å²) in [5.74, 6) is -0.0580. The highest BCUT2D eigenvalue weighted by Crippen LogP contribution is 2.32. The summed E-state index contributed by atoms with van der Waals surface area (Å²) in [7, 11) is -3.49. The molecule has 2 aliphatic heterocycles. The Hall–Kier alpha value is -2.49. The smallest absolute Gasteiger partial charge is 0.253 e. The molecule has 0 bridgehead atoms. The number of aromatic nitrogens is 1. The van der Waals surface area contributed by atoms with Gasteiger partial charge in [0.1, 0.15) is 0 Å². The first kappa shape index (κ1) is 23.3. The number of rotatable bonds is 4. The average molecular weight is 499 g/mol. The van der Waals surface area contributed by atoms with Gasteiger partial charge >= 0.3 is 0 Å². The van der Waals surface area contributed by atoms with Crippen LogP contribution in [-0.2, 0) is 10.0 Å². The highest BCUT2D eigenvalue weighted by atomic mass is 32.2. The molecule has 2 aliphatic rings. The molecular weight excluding hydrogens is 468 g/mol. The summed E-state index contributed by atoms with van der Waals surface area (Å²) in [5, 5.41) is 1.00. The Kier molecular flexibility index (Phi) is 6.35. The van der Waals surface area contributed by atoms with Crippen molar-refractivity contribution < 1.29 is 13.2 Å². The van der Waals surface area contributed by atoms with E-state index in [4.69, 9.17) is 4.98 Å². The third kappa shape index (κ3) is 4.44. The van der Waals surface area contributed by atoms with Crippen LogP contribution in [0.15, 0.2) is 41.3 Å². The molecule has 3 aromatic rings. The van der Waals surface area contributed by atoms with Crippen molar-refractivity contribution in [3.63, 3.8) is 0 Å². The lowest BCUT2D eigenvalue weighted by Crippen LogP contribution is -2.48. The van der Waals surface area contributed by atoms with E-state index >= 15 is 0 Å². The van der Waals surface area contributed by atoms with Crippen LogP contribution in [0.5, 0.6) is 0 Å². The molecule has 1 amide bonds. The van der Waals surface area contributed by atoms with Crippen LogP contribution >= 0.6 is 11.3 Å². The van der Waals surface area contributed by atoms with Crippen LogP contribution in [0.4, 0.5) is 5.13 Å². The van der Waals surface area contributed by atoms with Crippen LogP contribution in [0.2, 0.25) is 0 Å². The molecule has 1 aromatic heterocycles. The van der Waals surface area contributed by atoms with Gasteiger partial charge in [0.2, 0.25) is 10.0 Å². The number of thiazole rings is 1. The molecule has 9 heteroatoms. The van der Waals surface area contributed by atoms with Crippen molar-refractivity contribution in [2.45, 2.75) is 38.0 Å². The minimum Gasteiger partial charge on any atom is -0.345 e. The SMILES string of the molecule is Cc1cc(C)c2sc(N3CCN(C(=O)c4ccc(S(=O)(=O)N5CCCCC5)cc4)CC3)nc2c1. The number of piperidine rings is 1. The molecule has 7 nitrogen and oxygen atoms in total. The largest absolute Gasteiger partial charge is 0.345 e. The van der Waals surface area contributed by atoms with Gasteiger partial charge in [-0.25, -0.2) is 13.4 Å². The summed E-state index contributed by atoms with van der Waals surface area (Å²) >= 11 is 1.71. The number of amides is 1. The van der Waals surface area contributed by atoms with Gasteiger partial charge in [-0.15, -0.1) is 0 Å². The van der Waals surface area contributed by atoms with Gasteiger partial charge in [-0.2, -0.15) is 4.31 Å². The van der Waals surface area contributed by atoms with E-state index in [1.165, 1.54) is 15.8 Å². The van der Waals surface area contributed by atoms with Crippen molar-refractivity contribution in [3.8, 4) is 0 Å². The number of hydrogen-bond acceptors (Lipinski definition) is 6. The van der Waals surface area contributed by atoms with Crippen LogP contribution in [0.3, 0.4) is 0 Å². The van der Waals surface area contributed by atoms with E-state index in [9.17, 15) is 13.2 Å². The molecule has 0 unspecified atom stereocenters. The fourth-order valence-corrected chi connectivity index (χ4v) is 7.39. The van der Waals surface area contributed by atoms with Crippen molar-refractivity contribution >= 4 is 42.6 Å². The van der Waals surface area contributed by atoms with E-state index in [0.717, 1.165) is 43.0 Å². The van der Waals surface area contributed by atoms with Crippen LogP contribution in [0.1, 0.15) is 40.7 Å². The summed E-state index contributed by atoms with van der Waals surface area (Å²) in [5.41, 5.74) is 4.03. The van der Waals surface area contributed by atoms with Gasteiger partial charge < -0.3 is 9.80 Å². The predicted octanol–water partition coefficient (Wildman–Crippen LogP) is 4.05. The maximum Gasteiger partial charge on any atom is 0.253 e. The lowest BCUT2D eigenvalue weighted by Gasteiger charge is -2.34. The van der Waals surface area contributed by atoms with Gasteiger partial charge in [0.05, 0.1) is 15.1 Å². The Morgan fingerprint density at radius 2 is 1.59 bits per heavy atom. The van der Waals surface area contributed by atoms with Gasteiger partial charge in [0.25, 0.3) is 5.91 Å². The maximum absolute atomic E-state index is 13.1. The van der Waals surface area contributed by atoms with Gasteiger partial charge in [-0.3, -0.25) is 4.79 Å². The van der Waals surface area contributed by atoms with Crippen molar-refractivity contribution in [1.29, 1.82) is 0 Å². The molecule has 5 rings (SSSR count). The first-order chi connectivity index (χ1) is 16.3. The summed E-state index contributed by atoms with van der Waals surface area (Å²) in [6.45, 7) is 8.03. The summed E-state index contributed by atoms with van der Waals surface area (Å²) in [6.07, 6.45) is 2.88. The van der Waals surface area contributed by atoms with E-state index < -0.39 is 10.0 Å². The zero-order valence-corrected chi connectivity index (χ0v) is 21.3. The zero-order chi connectivity index (χ0) is 23.9. The standard InChI is InChI=1S/C25H30N4O3S2/c1-18-16-19(2)23-22(17-18)26-25(33-23)28-14-12-27(13-15-28)24(30)20-6-8-21(9-7-20)34(31,32)29-10-4-3-5-11-29/h6-9,16-17H,3-5,10-15H2,1-2H3. The van der Waals surface area contributed by atoms with Gasteiger partial charge in [0, 0.05) is 44.8 Å². The van der Waals surface area contributed by atoms with Gasteiger partial charge in [-0.1, -0.05) is 23.8 Å². The molecule has 0 N–H and O–H groups in total. The number of anilines is 1. The molecule has 0 aliphatic carbocycles. The van der Waals surface area contributed by atoms with E-state index in [0.29, 0.717) is 31.7 Å². The van der Waals surface area contributed by atoms with E-state index in [-0.39, 0.29) is 10.8 Å². The van der Waals surface area contributed by atoms with Crippen molar-refractivity contribution in [1.82, 2.24) is 14.2 Å². The maximum atomic E-state index is 13.1. The first-order valence-electron chi connectivity index (χ1n) is 11.9. The molecule has 0 saturated carbocycles. The molecule has 2 fully saturated rings. The van der Waals surface area contributed by atoms with Gasteiger partial charge in [0.15, 0.2) is 5.13 Å². The Morgan fingerprint density at radius 3 is 2.26 bits per heavy atom. The van der Waals surface area contributed by atoms with Crippen LogP contribution in [0, 0.1) is 13.8 Å². The predicted molar refractivity (Wildman–Crippen MR) is 136 cm³/mol. The molecule has 180 valence electrons. The normalized spacial score (nSPS) is 17.9. The van der Waals surface area contributed by atoms with Crippen molar-refractivity contribution in [2.75, 3.05) is 44.2 Å². The van der Waals surface area contributed by atoms with Crippen molar-refractivity contribution in [3.05, 3.63) is 53.1 Å². The number of carbonyl (C=O) groups excluding carboxylic acids is 1. The highest BCUT2D eigenvalue weighted by molar-refractivity contribution is 7.89. The highest BCUT2D eigenvalue weighted by Gasteiger charge is 2.27. The second kappa shape index (κ2) is 9.28. The van der Waals surface area contributed by atoms with E-state index in [1.54, 1.807) is 39.9 Å². The lowest BCUT2D eigenvalue weighted by molar-refractivity contribution is 0.0746.